The van der Waals surface area contributed by atoms with Crippen molar-refractivity contribution in [1.82, 2.24) is 0 Å². The number of esters is 1. The molecule has 0 bridgehead atoms. The lowest BCUT2D eigenvalue weighted by Crippen LogP contribution is -2.23. The highest BCUT2D eigenvalue weighted by molar-refractivity contribution is 7.47. The van der Waals surface area contributed by atoms with Gasteiger partial charge in [0.15, 0.2) is 0 Å². The molecule has 0 aliphatic heterocycles. The predicted molar refractivity (Wildman–Crippen MR) is 136 cm³/mol. The standard InChI is InChI=1S/C25H42NO7P/c1-2-3-4-5-6-7-8-9-10-11-12-13-14-15-16-17-18-19-25(28)31-22-24(27)23-33-34(29,30)32-21-20-26/h3-4,6-7,9-10,12-13,15-16,24,27H,2,5,8,11,14,17-23,26H2,1H3,(H,29,30)/b4-3+,7-6+,10-9+,13-12+,16-15+/t24-/m1/s1. The Hall–Kier alpha value is -1.80. The molecule has 0 aromatic rings. The zero-order valence-corrected chi connectivity index (χ0v) is 21.2. The SMILES string of the molecule is CC/C=C/C/C=C/C/C=C/C/C=C/C/C=C/CCCC(=O)OC[C@@H](O)COP(=O)(O)OCCN. The highest BCUT2D eigenvalue weighted by Crippen LogP contribution is 2.42. The molecule has 0 aliphatic rings. The number of rotatable bonds is 21. The molecule has 0 aromatic carbocycles. The molecule has 0 rings (SSSR count). The number of aliphatic hydroxyl groups excluding tert-OH is 1. The van der Waals surface area contributed by atoms with E-state index < -0.39 is 26.5 Å². The van der Waals surface area contributed by atoms with Crippen molar-refractivity contribution in [3.8, 4) is 0 Å². The van der Waals surface area contributed by atoms with Gasteiger partial charge in [0.25, 0.3) is 0 Å². The minimum Gasteiger partial charge on any atom is -0.463 e. The third-order valence-corrected chi connectivity index (χ3v) is 5.13. The van der Waals surface area contributed by atoms with Crippen molar-refractivity contribution >= 4 is 13.8 Å². The fraction of sp³-hybridized carbons (Fsp3) is 0.560. The maximum Gasteiger partial charge on any atom is 0.472 e. The van der Waals surface area contributed by atoms with Gasteiger partial charge < -0.3 is 20.5 Å². The van der Waals surface area contributed by atoms with Gasteiger partial charge in [-0.25, -0.2) is 4.57 Å². The molecule has 34 heavy (non-hydrogen) atoms. The van der Waals surface area contributed by atoms with Gasteiger partial charge in [0.2, 0.25) is 0 Å². The summed E-state index contributed by atoms with van der Waals surface area (Å²) in [6.45, 7) is 1.24. The number of nitrogens with two attached hydrogens (primary N) is 1. The molecule has 9 heteroatoms. The van der Waals surface area contributed by atoms with E-state index >= 15 is 0 Å². The van der Waals surface area contributed by atoms with Crippen molar-refractivity contribution in [2.75, 3.05) is 26.4 Å². The van der Waals surface area contributed by atoms with Crippen LogP contribution < -0.4 is 5.73 Å². The van der Waals surface area contributed by atoms with Gasteiger partial charge in [0.1, 0.15) is 12.7 Å². The minimum atomic E-state index is -4.26. The van der Waals surface area contributed by atoms with E-state index in [-0.39, 0.29) is 26.2 Å². The summed E-state index contributed by atoms with van der Waals surface area (Å²) in [6.07, 6.45) is 26.5. The molecule has 0 saturated carbocycles. The first-order chi connectivity index (χ1) is 16.4. The van der Waals surface area contributed by atoms with E-state index in [9.17, 15) is 19.4 Å². The largest absolute Gasteiger partial charge is 0.472 e. The number of phosphoric acid groups is 1. The van der Waals surface area contributed by atoms with Crippen LogP contribution >= 0.6 is 7.82 Å². The van der Waals surface area contributed by atoms with Crippen LogP contribution in [0.1, 0.15) is 58.3 Å². The van der Waals surface area contributed by atoms with E-state index in [4.69, 9.17) is 10.5 Å². The molecule has 194 valence electrons. The number of phosphoric ester groups is 1. The number of carbonyl (C=O) groups excluding carboxylic acids is 1. The van der Waals surface area contributed by atoms with Crippen molar-refractivity contribution in [2.45, 2.75) is 64.4 Å². The van der Waals surface area contributed by atoms with E-state index in [0.29, 0.717) is 6.42 Å². The van der Waals surface area contributed by atoms with Gasteiger partial charge in [0.05, 0.1) is 13.2 Å². The fourth-order valence-corrected chi connectivity index (χ4v) is 3.20. The Morgan fingerprint density at radius 1 is 0.882 bits per heavy atom. The molecule has 0 aliphatic carbocycles. The predicted octanol–water partition coefficient (Wildman–Crippen LogP) is 4.90. The molecule has 4 N–H and O–H groups in total. The third-order valence-electron chi connectivity index (χ3n) is 4.15. The molecule has 0 aromatic heterocycles. The molecule has 0 fully saturated rings. The molecule has 8 nitrogen and oxygen atoms in total. The van der Waals surface area contributed by atoms with Gasteiger partial charge in [-0.1, -0.05) is 67.7 Å². The highest BCUT2D eigenvalue weighted by atomic mass is 31.2. The topological polar surface area (TPSA) is 128 Å². The summed E-state index contributed by atoms with van der Waals surface area (Å²) in [7, 11) is -4.26. The number of unbranched alkanes of at least 4 members (excludes halogenated alkanes) is 1. The minimum absolute atomic E-state index is 0.0632. The summed E-state index contributed by atoms with van der Waals surface area (Å²) in [6, 6.07) is 0. The summed E-state index contributed by atoms with van der Waals surface area (Å²) in [5.74, 6) is -0.446. The quantitative estimate of drug-likeness (QED) is 0.0880. The maximum atomic E-state index is 11.7. The summed E-state index contributed by atoms with van der Waals surface area (Å²) >= 11 is 0. The fourth-order valence-electron chi connectivity index (χ4n) is 2.43. The second-order valence-electron chi connectivity index (χ2n) is 7.32. The van der Waals surface area contributed by atoms with E-state index in [1.54, 1.807) is 0 Å². The Morgan fingerprint density at radius 3 is 1.94 bits per heavy atom. The summed E-state index contributed by atoms with van der Waals surface area (Å²) < 4.78 is 25.5. The molecule has 2 atom stereocenters. The number of aliphatic hydroxyl groups is 1. The second kappa shape index (κ2) is 23.0. The lowest BCUT2D eigenvalue weighted by Gasteiger charge is -2.15. The first-order valence-electron chi connectivity index (χ1n) is 11.8. The normalized spacial score (nSPS) is 15.3. The van der Waals surface area contributed by atoms with Crippen LogP contribution in [0.5, 0.6) is 0 Å². The first kappa shape index (κ1) is 32.2. The Bertz CT molecular complexity index is 701. The van der Waals surface area contributed by atoms with Crippen LogP contribution in [0.3, 0.4) is 0 Å². The average Bonchev–Trinajstić information content (AvgIpc) is 2.82. The highest BCUT2D eigenvalue weighted by Gasteiger charge is 2.22. The molecule has 0 radical (unpaired) electrons. The monoisotopic (exact) mass is 499 g/mol. The van der Waals surface area contributed by atoms with Crippen molar-refractivity contribution < 1.29 is 33.1 Å². The van der Waals surface area contributed by atoms with E-state index in [2.05, 4.69) is 70.7 Å². The summed E-state index contributed by atoms with van der Waals surface area (Å²) in [4.78, 5) is 21.0. The van der Waals surface area contributed by atoms with Gasteiger partial charge >= 0.3 is 13.8 Å². The van der Waals surface area contributed by atoms with Gasteiger partial charge in [-0.05, 0) is 44.9 Å². The van der Waals surface area contributed by atoms with Crippen molar-refractivity contribution in [3.63, 3.8) is 0 Å². The van der Waals surface area contributed by atoms with E-state index in [1.807, 2.05) is 6.08 Å². The first-order valence-corrected chi connectivity index (χ1v) is 13.3. The average molecular weight is 500 g/mol. The van der Waals surface area contributed by atoms with Crippen molar-refractivity contribution in [3.05, 3.63) is 60.8 Å². The molecular formula is C25H42NO7P. The Balaban J connectivity index is 3.70. The smallest absolute Gasteiger partial charge is 0.463 e. The van der Waals surface area contributed by atoms with Crippen LogP contribution in [0.4, 0.5) is 0 Å². The van der Waals surface area contributed by atoms with Crippen molar-refractivity contribution in [1.29, 1.82) is 0 Å². The zero-order valence-electron chi connectivity index (χ0n) is 20.3. The Labute approximate surface area is 204 Å². The van der Waals surface area contributed by atoms with Gasteiger partial charge in [0, 0.05) is 13.0 Å². The summed E-state index contributed by atoms with van der Waals surface area (Å²) in [5, 5.41) is 9.67. The van der Waals surface area contributed by atoms with Crippen molar-refractivity contribution in [2.24, 2.45) is 5.73 Å². The lowest BCUT2D eigenvalue weighted by molar-refractivity contribution is -0.147. The zero-order chi connectivity index (χ0) is 25.3. The van der Waals surface area contributed by atoms with E-state index in [1.165, 1.54) is 0 Å². The second-order valence-corrected chi connectivity index (χ2v) is 8.78. The maximum absolute atomic E-state index is 11.7. The van der Waals surface area contributed by atoms with Gasteiger partial charge in [-0.2, -0.15) is 0 Å². The van der Waals surface area contributed by atoms with Gasteiger partial charge in [-0.3, -0.25) is 13.8 Å². The number of allylic oxidation sites excluding steroid dienone is 10. The third kappa shape index (κ3) is 23.4. The van der Waals surface area contributed by atoms with E-state index in [0.717, 1.165) is 38.5 Å². The van der Waals surface area contributed by atoms with Crippen LogP contribution in [0.25, 0.3) is 0 Å². The Morgan fingerprint density at radius 2 is 1.41 bits per heavy atom. The molecular weight excluding hydrogens is 457 g/mol. The van der Waals surface area contributed by atoms with Crippen LogP contribution in [-0.2, 0) is 23.1 Å². The number of hydrogen-bond acceptors (Lipinski definition) is 7. The number of hydrogen-bond donors (Lipinski definition) is 3. The molecule has 0 heterocycles. The number of carbonyl (C=O) groups is 1. The molecule has 0 amide bonds. The van der Waals surface area contributed by atoms with Crippen LogP contribution in [0.2, 0.25) is 0 Å². The summed E-state index contributed by atoms with van der Waals surface area (Å²) in [5.41, 5.74) is 5.16. The van der Waals surface area contributed by atoms with Crippen LogP contribution in [-0.4, -0.2) is 48.4 Å². The lowest BCUT2D eigenvalue weighted by atomic mass is 10.2. The molecule has 0 spiro atoms. The molecule has 1 unspecified atom stereocenters. The van der Waals surface area contributed by atoms with Gasteiger partial charge in [-0.15, -0.1) is 0 Å². The number of ether oxygens (including phenoxy) is 1. The van der Waals surface area contributed by atoms with Crippen LogP contribution in [0, 0.1) is 0 Å². The molecule has 0 saturated heterocycles. The van der Waals surface area contributed by atoms with Crippen LogP contribution in [0.15, 0.2) is 60.8 Å². The Kier molecular flexibility index (Phi) is 21.8.